The van der Waals surface area contributed by atoms with E-state index in [0.29, 0.717) is 5.95 Å². The van der Waals surface area contributed by atoms with Crippen LogP contribution in [0, 0.1) is 0 Å². The zero-order chi connectivity index (χ0) is 14.9. The van der Waals surface area contributed by atoms with Gasteiger partial charge in [0.25, 0.3) is 0 Å². The van der Waals surface area contributed by atoms with Crippen LogP contribution in [-0.4, -0.2) is 25.3 Å². The molecule has 0 radical (unpaired) electrons. The molecule has 0 bridgehead atoms. The topological polar surface area (TPSA) is 69.6 Å². The molecular weight excluding hydrogens is 314 g/mol. The highest BCUT2D eigenvalue weighted by Gasteiger charge is 2.16. The maximum atomic E-state index is 6.06. The number of nitrogens with two attached hydrogens (primary N) is 1. The first kappa shape index (κ1) is 13.5. The Morgan fingerprint density at radius 2 is 2.09 bits per heavy atom. The molecule has 22 heavy (non-hydrogen) atoms. The van der Waals surface area contributed by atoms with E-state index in [-0.39, 0.29) is 0 Å². The van der Waals surface area contributed by atoms with Crippen LogP contribution in [0.4, 0.5) is 5.95 Å². The number of hydrogen-bond donors (Lipinski definition) is 1. The number of anilines is 1. The van der Waals surface area contributed by atoms with E-state index in [1.807, 2.05) is 46.1 Å². The summed E-state index contributed by atoms with van der Waals surface area (Å²) in [5, 5.41) is 2.79. The highest BCUT2D eigenvalue weighted by molar-refractivity contribution is 8.08. The van der Waals surface area contributed by atoms with Gasteiger partial charge in [0.05, 0.1) is 11.4 Å². The zero-order valence-corrected chi connectivity index (χ0v) is 13.3. The number of aromatic nitrogens is 4. The van der Waals surface area contributed by atoms with Crippen molar-refractivity contribution in [2.24, 2.45) is 0 Å². The Bertz CT molecular complexity index is 835. The van der Waals surface area contributed by atoms with E-state index in [9.17, 15) is 0 Å². The van der Waals surface area contributed by atoms with Gasteiger partial charge in [-0.15, -0.1) is 23.1 Å². The summed E-state index contributed by atoms with van der Waals surface area (Å²) in [5.41, 5.74) is 8.69. The first-order valence-corrected chi connectivity index (χ1v) is 8.73. The van der Waals surface area contributed by atoms with Crippen LogP contribution in [0.15, 0.2) is 42.0 Å². The number of pyridine rings is 1. The molecule has 2 N–H and O–H groups in total. The Morgan fingerprint density at radius 3 is 2.86 bits per heavy atom. The van der Waals surface area contributed by atoms with E-state index in [0.717, 1.165) is 34.4 Å². The first-order chi connectivity index (χ1) is 10.8. The van der Waals surface area contributed by atoms with E-state index in [2.05, 4.69) is 21.0 Å². The van der Waals surface area contributed by atoms with Crippen LogP contribution < -0.4 is 5.73 Å². The lowest BCUT2D eigenvalue weighted by Gasteiger charge is -1.98. The molecular formula is C15H13N5S2. The minimum atomic E-state index is 0.463. The first-order valence-electron chi connectivity index (χ1n) is 6.87. The van der Waals surface area contributed by atoms with Crippen LogP contribution in [0.3, 0.4) is 0 Å². The summed E-state index contributed by atoms with van der Waals surface area (Å²) >= 11 is 3.35. The summed E-state index contributed by atoms with van der Waals surface area (Å²) in [6, 6.07) is 5.79. The predicted molar refractivity (Wildman–Crippen MR) is 91.9 cm³/mol. The second-order valence-electron chi connectivity index (χ2n) is 4.79. The second-order valence-corrected chi connectivity index (χ2v) is 6.76. The van der Waals surface area contributed by atoms with Crippen LogP contribution in [0.5, 0.6) is 0 Å². The maximum Gasteiger partial charge on any atom is 0.207 e. The van der Waals surface area contributed by atoms with E-state index in [1.54, 1.807) is 6.20 Å². The molecule has 0 aliphatic carbocycles. The quantitative estimate of drug-likeness (QED) is 0.798. The SMILES string of the molecule is Nc1nc(C2=CCCS2)cn1-c1nc(-c2ccccn2)cs1. The van der Waals surface area contributed by atoms with Crippen LogP contribution in [-0.2, 0) is 0 Å². The van der Waals surface area contributed by atoms with Crippen LogP contribution in [0.1, 0.15) is 12.1 Å². The molecule has 0 spiro atoms. The number of hydrogen-bond acceptors (Lipinski definition) is 6. The average Bonchev–Trinajstić information content (AvgIpc) is 3.28. The van der Waals surface area contributed by atoms with Gasteiger partial charge in [0.2, 0.25) is 5.95 Å². The molecule has 0 aromatic carbocycles. The lowest BCUT2D eigenvalue weighted by atomic mass is 10.3. The predicted octanol–water partition coefficient (Wildman–Crippen LogP) is 3.45. The fourth-order valence-corrected chi connectivity index (χ4v) is 4.01. The van der Waals surface area contributed by atoms with Crippen LogP contribution in [0.25, 0.3) is 21.4 Å². The largest absolute Gasteiger partial charge is 0.369 e. The Morgan fingerprint density at radius 1 is 1.14 bits per heavy atom. The third-order valence-corrected chi connectivity index (χ3v) is 5.28. The van der Waals surface area contributed by atoms with Crippen molar-refractivity contribution < 1.29 is 0 Å². The van der Waals surface area contributed by atoms with E-state index in [1.165, 1.54) is 16.2 Å². The maximum absolute atomic E-state index is 6.06. The van der Waals surface area contributed by atoms with Gasteiger partial charge in [-0.1, -0.05) is 12.1 Å². The Labute approximate surface area is 135 Å². The van der Waals surface area contributed by atoms with Crippen LogP contribution in [0.2, 0.25) is 0 Å². The number of nitrogens with zero attached hydrogens (tertiary/aromatic N) is 4. The lowest BCUT2D eigenvalue weighted by Crippen LogP contribution is -1.99. The molecule has 0 saturated heterocycles. The number of allylic oxidation sites excluding steroid dienone is 1. The molecule has 0 fully saturated rings. The minimum absolute atomic E-state index is 0.463. The van der Waals surface area contributed by atoms with Gasteiger partial charge in [-0.2, -0.15) is 0 Å². The summed E-state index contributed by atoms with van der Waals surface area (Å²) in [6.07, 6.45) is 7.02. The molecule has 3 aromatic rings. The highest BCUT2D eigenvalue weighted by atomic mass is 32.2. The monoisotopic (exact) mass is 327 g/mol. The Balaban J connectivity index is 1.69. The molecule has 0 saturated carbocycles. The lowest BCUT2D eigenvalue weighted by molar-refractivity contribution is 1.05. The normalized spacial score (nSPS) is 14.3. The van der Waals surface area contributed by atoms with Gasteiger partial charge in [0, 0.05) is 28.4 Å². The van der Waals surface area contributed by atoms with Crippen molar-refractivity contribution in [2.75, 3.05) is 11.5 Å². The van der Waals surface area contributed by atoms with Crippen LogP contribution >= 0.6 is 23.1 Å². The molecule has 3 aromatic heterocycles. The van der Waals surface area contributed by atoms with E-state index >= 15 is 0 Å². The molecule has 1 aliphatic heterocycles. The molecule has 1 aliphatic rings. The van der Waals surface area contributed by atoms with Crippen molar-refractivity contribution in [3.63, 3.8) is 0 Å². The molecule has 4 rings (SSSR count). The van der Waals surface area contributed by atoms with Crippen molar-refractivity contribution in [3.05, 3.63) is 47.7 Å². The smallest absolute Gasteiger partial charge is 0.207 e. The average molecular weight is 327 g/mol. The molecule has 0 atom stereocenters. The van der Waals surface area contributed by atoms with Gasteiger partial charge in [-0.05, 0) is 18.6 Å². The summed E-state index contributed by atoms with van der Waals surface area (Å²) < 4.78 is 1.84. The van der Waals surface area contributed by atoms with Crippen molar-refractivity contribution in [1.82, 2.24) is 19.5 Å². The molecule has 110 valence electrons. The molecule has 5 nitrogen and oxygen atoms in total. The van der Waals surface area contributed by atoms with Gasteiger partial charge in [-0.3, -0.25) is 9.55 Å². The fourth-order valence-electron chi connectivity index (χ4n) is 2.27. The van der Waals surface area contributed by atoms with Crippen molar-refractivity contribution in [3.8, 4) is 16.5 Å². The molecule has 7 heteroatoms. The number of nitrogen functional groups attached to an aromatic ring is 1. The van der Waals surface area contributed by atoms with Crippen molar-refractivity contribution in [1.29, 1.82) is 0 Å². The summed E-state index contributed by atoms with van der Waals surface area (Å²) in [4.78, 5) is 14.6. The number of thiazole rings is 1. The number of imidazole rings is 1. The van der Waals surface area contributed by atoms with Gasteiger partial charge >= 0.3 is 0 Å². The van der Waals surface area contributed by atoms with Gasteiger partial charge in [0.15, 0.2) is 5.13 Å². The van der Waals surface area contributed by atoms with E-state index in [4.69, 9.17) is 5.73 Å². The minimum Gasteiger partial charge on any atom is -0.369 e. The number of thioether (sulfide) groups is 1. The van der Waals surface area contributed by atoms with E-state index < -0.39 is 0 Å². The standard InChI is InChI=1S/C15H13N5S2/c16-14-18-11(13-5-3-7-21-13)8-20(14)15-19-12(9-22-15)10-4-1-2-6-17-10/h1-2,4-6,8-9H,3,7H2,(H2,16,18). The third kappa shape index (κ3) is 2.42. The summed E-state index contributed by atoms with van der Waals surface area (Å²) in [7, 11) is 0. The summed E-state index contributed by atoms with van der Waals surface area (Å²) in [6.45, 7) is 0. The Hall–Kier alpha value is -2.12. The number of rotatable bonds is 3. The van der Waals surface area contributed by atoms with Gasteiger partial charge in [-0.25, -0.2) is 9.97 Å². The summed E-state index contributed by atoms with van der Waals surface area (Å²) in [5.74, 6) is 1.58. The molecule has 0 unspecified atom stereocenters. The third-order valence-electron chi connectivity index (χ3n) is 3.32. The van der Waals surface area contributed by atoms with Crippen molar-refractivity contribution in [2.45, 2.75) is 6.42 Å². The fraction of sp³-hybridized carbons (Fsp3) is 0.133. The molecule has 0 amide bonds. The zero-order valence-electron chi connectivity index (χ0n) is 11.6. The second kappa shape index (κ2) is 5.58. The van der Waals surface area contributed by atoms with Gasteiger partial charge < -0.3 is 5.73 Å². The van der Waals surface area contributed by atoms with Gasteiger partial charge in [0.1, 0.15) is 5.69 Å². The Kier molecular flexibility index (Phi) is 3.44. The van der Waals surface area contributed by atoms with Crippen molar-refractivity contribution >= 4 is 34.0 Å². The molecule has 4 heterocycles. The highest BCUT2D eigenvalue weighted by Crippen LogP contribution is 2.34.